The molecule has 1 aromatic heterocycles. The van der Waals surface area contributed by atoms with Crippen LogP contribution in [0.5, 0.6) is 0 Å². The fraction of sp³-hybridized carbons (Fsp3) is 0. The average Bonchev–Trinajstić information content (AvgIpc) is 2.62. The van der Waals surface area contributed by atoms with Crippen molar-refractivity contribution in [1.29, 1.82) is 0 Å². The second kappa shape index (κ2) is 6.03. The summed E-state index contributed by atoms with van der Waals surface area (Å²) >= 11 is 5.18. The number of anilines is 1. The molecule has 0 unspecified atom stereocenters. The molecule has 4 rings (SSSR count). The van der Waals surface area contributed by atoms with Crippen molar-refractivity contribution < 1.29 is 9.21 Å². The molecule has 0 saturated heterocycles. The third kappa shape index (κ3) is 2.75. The first-order valence-electron chi connectivity index (χ1n) is 7.66. The molecule has 4 nitrogen and oxygen atoms in total. The number of para-hydroxylation sites is 1. The number of amides is 1. The van der Waals surface area contributed by atoms with E-state index in [1.165, 1.54) is 0 Å². The lowest BCUT2D eigenvalue weighted by Gasteiger charge is -2.14. The summed E-state index contributed by atoms with van der Waals surface area (Å²) < 4.78 is 5.35. The number of hydrogen-bond acceptors (Lipinski definition) is 4. The summed E-state index contributed by atoms with van der Waals surface area (Å²) in [6, 6.07) is 19.9. The molecule has 1 amide bonds. The van der Waals surface area contributed by atoms with Crippen LogP contribution >= 0.6 is 0 Å². The van der Waals surface area contributed by atoms with Gasteiger partial charge in [-0.1, -0.05) is 48.5 Å². The second-order valence-electron chi connectivity index (χ2n) is 5.60. The number of fused-ring (bicyclic) bond motifs is 3. The van der Waals surface area contributed by atoms with Crippen LogP contribution in [0.15, 0.2) is 80.8 Å². The molecule has 25 heavy (non-hydrogen) atoms. The van der Waals surface area contributed by atoms with Gasteiger partial charge in [-0.25, -0.2) is 4.79 Å². The van der Waals surface area contributed by atoms with E-state index in [1.807, 2.05) is 30.3 Å². The Morgan fingerprint density at radius 2 is 1.68 bits per heavy atom. The second-order valence-corrected chi connectivity index (χ2v) is 6.04. The minimum atomic E-state index is -0.679. The maximum atomic E-state index is 12.5. The Morgan fingerprint density at radius 3 is 2.52 bits per heavy atom. The minimum Gasteiger partial charge on any atom is -0.778 e. The molecule has 0 fully saturated rings. The lowest BCUT2D eigenvalue weighted by Crippen LogP contribution is -2.21. The molecule has 5 heteroatoms. The summed E-state index contributed by atoms with van der Waals surface area (Å²) in [4.78, 5) is 25.3. The number of rotatable bonds is 2. The monoisotopic (exact) mass is 346 g/mol. The number of hydrogen-bond donors (Lipinski definition) is 1. The largest absolute Gasteiger partial charge is 0.778 e. The molecule has 122 valence electrons. The highest BCUT2D eigenvalue weighted by atomic mass is 32.1. The van der Waals surface area contributed by atoms with Gasteiger partial charge in [0.05, 0.1) is 0 Å². The zero-order valence-corrected chi connectivity index (χ0v) is 13.8. The van der Waals surface area contributed by atoms with E-state index in [-0.39, 0.29) is 5.56 Å². The number of carbonyl (C=O) groups is 1. The van der Waals surface area contributed by atoms with Crippen molar-refractivity contribution in [3.8, 4) is 0 Å². The van der Waals surface area contributed by atoms with Gasteiger partial charge in [-0.05, 0) is 29.0 Å². The topological polar surface area (TPSA) is 59.3 Å². The van der Waals surface area contributed by atoms with Crippen LogP contribution in [0.3, 0.4) is 0 Å². The zero-order valence-electron chi connectivity index (χ0n) is 13.0. The maximum Gasteiger partial charge on any atom is 0.349 e. The third-order valence-corrected chi connectivity index (χ3v) is 4.38. The Kier molecular flexibility index (Phi) is 3.71. The first-order valence-corrected chi connectivity index (χ1v) is 8.07. The van der Waals surface area contributed by atoms with Gasteiger partial charge in [-0.15, -0.1) is 0 Å². The van der Waals surface area contributed by atoms with Crippen LogP contribution in [0, 0.1) is 0 Å². The highest BCUT2D eigenvalue weighted by Gasteiger charge is 2.15. The molecule has 0 aliphatic carbocycles. The van der Waals surface area contributed by atoms with Crippen LogP contribution in [-0.4, -0.2) is 5.91 Å². The summed E-state index contributed by atoms with van der Waals surface area (Å²) in [5.74, 6) is -0.541. The van der Waals surface area contributed by atoms with Crippen LogP contribution in [0.2, 0.25) is 0 Å². The van der Waals surface area contributed by atoms with Gasteiger partial charge >= 0.3 is 5.63 Å². The first-order chi connectivity index (χ1) is 12.1. The smallest absolute Gasteiger partial charge is 0.349 e. The van der Waals surface area contributed by atoms with Crippen LogP contribution in [0.1, 0.15) is 10.4 Å². The lowest BCUT2D eigenvalue weighted by molar-refractivity contribution is 0.102. The van der Waals surface area contributed by atoms with E-state index in [0.717, 1.165) is 16.2 Å². The summed E-state index contributed by atoms with van der Waals surface area (Å²) in [5.41, 5.74) is 0.202. The van der Waals surface area contributed by atoms with Crippen LogP contribution in [0.4, 0.5) is 5.69 Å². The van der Waals surface area contributed by atoms with Crippen molar-refractivity contribution in [3.05, 3.63) is 82.7 Å². The van der Waals surface area contributed by atoms with Crippen LogP contribution in [0.25, 0.3) is 21.7 Å². The number of nitrogens with one attached hydrogen (secondary N) is 1. The van der Waals surface area contributed by atoms with Gasteiger partial charge in [-0.3, -0.25) is 4.79 Å². The van der Waals surface area contributed by atoms with E-state index in [1.54, 1.807) is 36.4 Å². The Labute approximate surface area is 148 Å². The third-order valence-electron chi connectivity index (χ3n) is 4.02. The molecule has 0 spiro atoms. The molecule has 1 N–H and O–H groups in total. The highest BCUT2D eigenvalue weighted by Crippen LogP contribution is 2.25. The molecule has 0 atom stereocenters. The van der Waals surface area contributed by atoms with Gasteiger partial charge in [0.2, 0.25) is 0 Å². The van der Waals surface area contributed by atoms with Crippen molar-refractivity contribution in [1.82, 2.24) is 0 Å². The molecule has 0 saturated carbocycles. The molecule has 0 aliphatic rings. The Hall–Kier alpha value is -3.18. The Bertz CT molecular complexity index is 1180. The van der Waals surface area contributed by atoms with E-state index in [9.17, 15) is 9.59 Å². The summed E-state index contributed by atoms with van der Waals surface area (Å²) in [6.45, 7) is 0. The average molecular weight is 346 g/mol. The SMILES string of the molecule is O=C(Nc1ccccc1[S-])c1cc2c(ccc3ccccc32)oc1=O. The standard InChI is InChI=1S/C20H13NO3S/c22-19(21-16-7-3-4-8-18(16)25)15-11-14-13-6-2-1-5-12(13)9-10-17(14)24-20(15)23/h1-11,25H,(H,21,22)/p-1. The predicted molar refractivity (Wildman–Crippen MR) is 100 cm³/mol. The van der Waals surface area contributed by atoms with Gasteiger partial charge in [0.1, 0.15) is 11.1 Å². The molecule has 0 aliphatic heterocycles. The Morgan fingerprint density at radius 1 is 0.920 bits per heavy atom. The van der Waals surface area contributed by atoms with Gasteiger partial charge < -0.3 is 22.4 Å². The molecule has 0 radical (unpaired) electrons. The summed E-state index contributed by atoms with van der Waals surface area (Å²) in [6.07, 6.45) is 0. The van der Waals surface area contributed by atoms with Crippen LogP contribution in [-0.2, 0) is 12.6 Å². The summed E-state index contributed by atoms with van der Waals surface area (Å²) in [5, 5.41) is 5.32. The van der Waals surface area contributed by atoms with Gasteiger partial charge in [0.15, 0.2) is 0 Å². The number of carbonyl (C=O) groups excluding carboxylic acids is 1. The molecular weight excluding hydrogens is 334 g/mol. The van der Waals surface area contributed by atoms with Crippen molar-refractivity contribution in [2.75, 3.05) is 5.32 Å². The normalized spacial score (nSPS) is 10.9. The minimum absolute atomic E-state index is 0.0536. The van der Waals surface area contributed by atoms with Gasteiger partial charge in [0, 0.05) is 11.1 Å². The van der Waals surface area contributed by atoms with Crippen molar-refractivity contribution in [2.24, 2.45) is 0 Å². The highest BCUT2D eigenvalue weighted by molar-refractivity contribution is 7.59. The number of benzene rings is 3. The molecule has 0 bridgehead atoms. The van der Waals surface area contributed by atoms with E-state index in [2.05, 4.69) is 5.32 Å². The Balaban J connectivity index is 1.85. The quantitative estimate of drug-likeness (QED) is 0.337. The zero-order chi connectivity index (χ0) is 17.4. The summed E-state index contributed by atoms with van der Waals surface area (Å²) in [7, 11) is 0. The van der Waals surface area contributed by atoms with Gasteiger partial charge in [0.25, 0.3) is 5.91 Å². The fourth-order valence-corrected chi connectivity index (χ4v) is 2.99. The van der Waals surface area contributed by atoms with Gasteiger partial charge in [-0.2, -0.15) is 4.90 Å². The fourth-order valence-electron chi connectivity index (χ4n) is 2.79. The predicted octanol–water partition coefficient (Wildman–Crippen LogP) is 4.10. The molecular formula is C20H12NO3S-. The van der Waals surface area contributed by atoms with Crippen molar-refractivity contribution >= 4 is 46.0 Å². The lowest BCUT2D eigenvalue weighted by atomic mass is 10.0. The first kappa shape index (κ1) is 15.4. The van der Waals surface area contributed by atoms with E-state index in [0.29, 0.717) is 16.2 Å². The van der Waals surface area contributed by atoms with E-state index in [4.69, 9.17) is 17.0 Å². The van der Waals surface area contributed by atoms with Crippen molar-refractivity contribution in [2.45, 2.75) is 4.90 Å². The molecule has 1 heterocycles. The van der Waals surface area contributed by atoms with E-state index >= 15 is 0 Å². The van der Waals surface area contributed by atoms with Crippen molar-refractivity contribution in [3.63, 3.8) is 0 Å². The maximum absolute atomic E-state index is 12.5. The van der Waals surface area contributed by atoms with E-state index < -0.39 is 11.5 Å². The molecule has 3 aromatic carbocycles. The molecule has 4 aromatic rings. The van der Waals surface area contributed by atoms with Crippen LogP contribution < -0.4 is 10.9 Å².